The van der Waals surface area contributed by atoms with E-state index in [1.165, 1.54) is 0 Å². The van der Waals surface area contributed by atoms with Gasteiger partial charge < -0.3 is 10.2 Å². The molecule has 78 valence electrons. The summed E-state index contributed by atoms with van der Waals surface area (Å²) in [5.41, 5.74) is 0.778. The number of carbonyl (C=O) groups excluding carboxylic acids is 2. The van der Waals surface area contributed by atoms with Gasteiger partial charge in [-0.1, -0.05) is 0 Å². The molecular weight excluding hydrogens is 212 g/mol. The summed E-state index contributed by atoms with van der Waals surface area (Å²) in [6, 6.07) is 1.59. The van der Waals surface area contributed by atoms with Gasteiger partial charge in [-0.2, -0.15) is 0 Å². The molecule has 0 radical (unpaired) electrons. The smallest absolute Gasteiger partial charge is 0.256 e. The molecule has 1 atom stereocenters. The van der Waals surface area contributed by atoms with Crippen LogP contribution in [0.3, 0.4) is 0 Å². The molecule has 1 N–H and O–H groups in total. The molecule has 1 saturated heterocycles. The Morgan fingerprint density at radius 1 is 1.47 bits per heavy atom. The lowest BCUT2D eigenvalue weighted by Gasteiger charge is -2.20. The third-order valence-corrected chi connectivity index (χ3v) is 3.85. The van der Waals surface area contributed by atoms with Gasteiger partial charge in [0.2, 0.25) is 5.91 Å². The second-order valence-electron chi connectivity index (χ2n) is 3.79. The first-order valence-electron chi connectivity index (χ1n) is 4.92. The Bertz CT molecular complexity index is 440. The zero-order chi connectivity index (χ0) is 10.4. The molecule has 1 aromatic heterocycles. The van der Waals surface area contributed by atoms with Crippen LogP contribution in [0.4, 0.5) is 0 Å². The number of fused-ring (bicyclic) bond motifs is 1. The summed E-state index contributed by atoms with van der Waals surface area (Å²) in [7, 11) is 0. The van der Waals surface area contributed by atoms with Gasteiger partial charge in [-0.25, -0.2) is 0 Å². The zero-order valence-electron chi connectivity index (χ0n) is 8.03. The van der Waals surface area contributed by atoms with Crippen molar-refractivity contribution in [3.8, 4) is 0 Å². The van der Waals surface area contributed by atoms with Crippen LogP contribution in [0.2, 0.25) is 0 Å². The molecule has 0 aliphatic carbocycles. The highest BCUT2D eigenvalue weighted by atomic mass is 32.1. The van der Waals surface area contributed by atoms with E-state index in [0.717, 1.165) is 16.9 Å². The van der Waals surface area contributed by atoms with Gasteiger partial charge in [-0.3, -0.25) is 9.59 Å². The molecule has 4 nitrogen and oxygen atoms in total. The topological polar surface area (TPSA) is 49.4 Å². The zero-order valence-corrected chi connectivity index (χ0v) is 8.84. The van der Waals surface area contributed by atoms with Crippen LogP contribution in [0.25, 0.3) is 0 Å². The number of hydrogen-bond acceptors (Lipinski definition) is 3. The molecule has 1 aromatic rings. The molecule has 0 aromatic carbocycles. The first kappa shape index (κ1) is 8.91. The van der Waals surface area contributed by atoms with Crippen LogP contribution in [-0.2, 0) is 11.3 Å². The minimum atomic E-state index is -0.253. The third kappa shape index (κ3) is 1.19. The molecule has 2 amide bonds. The maximum Gasteiger partial charge on any atom is 0.256 e. The van der Waals surface area contributed by atoms with Crippen LogP contribution >= 0.6 is 11.3 Å². The molecule has 2 aliphatic heterocycles. The van der Waals surface area contributed by atoms with Gasteiger partial charge in [0.05, 0.1) is 12.1 Å². The number of thiophene rings is 1. The molecule has 3 heterocycles. The Kier molecular flexibility index (Phi) is 1.82. The van der Waals surface area contributed by atoms with Crippen molar-refractivity contribution >= 4 is 23.2 Å². The van der Waals surface area contributed by atoms with Gasteiger partial charge in [0.15, 0.2) is 0 Å². The Labute approximate surface area is 90.9 Å². The highest BCUT2D eigenvalue weighted by molar-refractivity contribution is 7.10. The summed E-state index contributed by atoms with van der Waals surface area (Å²) < 4.78 is 0. The predicted octanol–water partition coefficient (Wildman–Crippen LogP) is 0.592. The van der Waals surface area contributed by atoms with Gasteiger partial charge in [-0.05, 0) is 17.9 Å². The van der Waals surface area contributed by atoms with E-state index in [-0.39, 0.29) is 17.9 Å². The summed E-state index contributed by atoms with van der Waals surface area (Å²) >= 11 is 1.59. The van der Waals surface area contributed by atoms with Crippen LogP contribution in [0.15, 0.2) is 11.4 Å². The maximum atomic E-state index is 11.9. The summed E-state index contributed by atoms with van der Waals surface area (Å²) in [5.74, 6) is -0.00759. The standard InChI is InChI=1S/C10H10N2O2S/c13-9-7(1-3-11-9)12-5-8-6(10(12)14)2-4-15-8/h2,4,7H,1,3,5H2,(H,11,13)/t7-/m0/s1. The Morgan fingerprint density at radius 3 is 3.00 bits per heavy atom. The number of nitrogens with one attached hydrogen (secondary N) is 1. The summed E-state index contributed by atoms with van der Waals surface area (Å²) in [6.45, 7) is 1.28. The summed E-state index contributed by atoms with van der Waals surface area (Å²) in [4.78, 5) is 26.2. The van der Waals surface area contributed by atoms with E-state index in [0.29, 0.717) is 13.1 Å². The van der Waals surface area contributed by atoms with Gasteiger partial charge in [-0.15, -0.1) is 11.3 Å². The van der Waals surface area contributed by atoms with E-state index >= 15 is 0 Å². The summed E-state index contributed by atoms with van der Waals surface area (Å²) in [6.07, 6.45) is 0.736. The lowest BCUT2D eigenvalue weighted by Crippen LogP contribution is -2.40. The monoisotopic (exact) mass is 222 g/mol. The molecule has 0 spiro atoms. The van der Waals surface area contributed by atoms with E-state index in [9.17, 15) is 9.59 Å². The van der Waals surface area contributed by atoms with E-state index < -0.39 is 0 Å². The molecule has 15 heavy (non-hydrogen) atoms. The molecule has 0 bridgehead atoms. The van der Waals surface area contributed by atoms with Gasteiger partial charge in [0.25, 0.3) is 5.91 Å². The van der Waals surface area contributed by atoms with Crippen molar-refractivity contribution in [2.75, 3.05) is 6.54 Å². The fourth-order valence-electron chi connectivity index (χ4n) is 2.16. The number of amides is 2. The SMILES string of the molecule is O=C1NCC[C@@H]1N1Cc2sccc2C1=O. The first-order valence-corrected chi connectivity index (χ1v) is 5.80. The number of nitrogens with zero attached hydrogens (tertiary/aromatic N) is 1. The molecule has 5 heteroatoms. The largest absolute Gasteiger partial charge is 0.354 e. The highest BCUT2D eigenvalue weighted by Crippen LogP contribution is 2.30. The predicted molar refractivity (Wildman–Crippen MR) is 55.6 cm³/mol. The average Bonchev–Trinajstić information content (AvgIpc) is 2.85. The number of carbonyl (C=O) groups is 2. The van der Waals surface area contributed by atoms with Crippen molar-refractivity contribution < 1.29 is 9.59 Å². The van der Waals surface area contributed by atoms with E-state index in [4.69, 9.17) is 0 Å². The second-order valence-corrected chi connectivity index (χ2v) is 4.79. The fourth-order valence-corrected chi connectivity index (χ4v) is 3.03. The Hall–Kier alpha value is -1.36. The molecule has 1 fully saturated rings. The lowest BCUT2D eigenvalue weighted by molar-refractivity contribution is -0.123. The minimum absolute atomic E-state index is 0.00769. The summed E-state index contributed by atoms with van der Waals surface area (Å²) in [5, 5.41) is 4.68. The normalized spacial score (nSPS) is 24.5. The lowest BCUT2D eigenvalue weighted by atomic mass is 10.2. The number of rotatable bonds is 1. The minimum Gasteiger partial charge on any atom is -0.354 e. The van der Waals surface area contributed by atoms with Crippen molar-refractivity contribution in [1.29, 1.82) is 0 Å². The number of hydrogen-bond donors (Lipinski definition) is 1. The maximum absolute atomic E-state index is 11.9. The van der Waals surface area contributed by atoms with Crippen LogP contribution in [0.5, 0.6) is 0 Å². The van der Waals surface area contributed by atoms with Gasteiger partial charge in [0, 0.05) is 11.4 Å². The van der Waals surface area contributed by atoms with Crippen LogP contribution in [0.1, 0.15) is 21.7 Å². The molecule has 0 unspecified atom stereocenters. The van der Waals surface area contributed by atoms with Crippen molar-refractivity contribution in [2.24, 2.45) is 0 Å². The molecular formula is C10H10N2O2S. The Balaban J connectivity index is 1.89. The Morgan fingerprint density at radius 2 is 2.33 bits per heavy atom. The molecule has 0 saturated carbocycles. The highest BCUT2D eigenvalue weighted by Gasteiger charge is 2.38. The quantitative estimate of drug-likeness (QED) is 0.756. The van der Waals surface area contributed by atoms with Crippen molar-refractivity contribution in [2.45, 2.75) is 19.0 Å². The van der Waals surface area contributed by atoms with E-state index in [1.54, 1.807) is 16.2 Å². The van der Waals surface area contributed by atoms with Crippen molar-refractivity contribution in [3.63, 3.8) is 0 Å². The molecule has 3 rings (SSSR count). The molecule has 2 aliphatic rings. The van der Waals surface area contributed by atoms with Crippen LogP contribution < -0.4 is 5.32 Å². The third-order valence-electron chi connectivity index (χ3n) is 2.95. The van der Waals surface area contributed by atoms with Crippen molar-refractivity contribution in [3.05, 3.63) is 21.9 Å². The second kappa shape index (κ2) is 3.06. The fraction of sp³-hybridized carbons (Fsp3) is 0.400. The van der Waals surface area contributed by atoms with Crippen LogP contribution in [-0.4, -0.2) is 29.3 Å². The first-order chi connectivity index (χ1) is 7.27. The van der Waals surface area contributed by atoms with Gasteiger partial charge in [0.1, 0.15) is 6.04 Å². The van der Waals surface area contributed by atoms with E-state index in [1.807, 2.05) is 11.4 Å². The van der Waals surface area contributed by atoms with Crippen molar-refractivity contribution in [1.82, 2.24) is 10.2 Å². The van der Waals surface area contributed by atoms with E-state index in [2.05, 4.69) is 5.32 Å². The van der Waals surface area contributed by atoms with Gasteiger partial charge >= 0.3 is 0 Å². The average molecular weight is 222 g/mol. The van der Waals surface area contributed by atoms with Crippen LogP contribution in [0, 0.1) is 0 Å².